The van der Waals surface area contributed by atoms with E-state index in [1.54, 1.807) is 34.1 Å². The fraction of sp³-hybridized carbons (Fsp3) is 0.314. The number of sulfonamides is 1. The van der Waals surface area contributed by atoms with Crippen molar-refractivity contribution in [2.24, 2.45) is 0 Å². The molecular weight excluding hydrogens is 730 g/mol. The highest BCUT2D eigenvalue weighted by Gasteiger charge is 2.43. The van der Waals surface area contributed by atoms with Crippen LogP contribution in [0.15, 0.2) is 65.6 Å². The lowest BCUT2D eigenvalue weighted by atomic mass is 10.1. The van der Waals surface area contributed by atoms with Crippen molar-refractivity contribution >= 4 is 55.9 Å². The standard InChI is InChI=1S/C35H30Cl2F3N5O5S/c1-21-18-26(35(38,39)40)24-4-2-6-29(32(24)42-21)50-20-25-27(36)11-12-30(31(25)37)51(48,49)45-13-3-5-28(45)34(47)44-16-14-43(15-17-44)33(46)23-9-7-22(19-41)8-10-23/h2,4,6-12,18,28H,3,5,13-17,20H2,1H3/t28-/m0/s1. The predicted octanol–water partition coefficient (Wildman–Crippen LogP) is 6.46. The molecule has 0 saturated carbocycles. The van der Waals surface area contributed by atoms with Crippen molar-refractivity contribution < 1.29 is 35.9 Å². The van der Waals surface area contributed by atoms with Crippen molar-refractivity contribution in [3.05, 3.63) is 98.7 Å². The average molecular weight is 761 g/mol. The topological polar surface area (TPSA) is 124 Å². The highest BCUT2D eigenvalue weighted by molar-refractivity contribution is 7.89. The second kappa shape index (κ2) is 14.3. The van der Waals surface area contributed by atoms with E-state index >= 15 is 0 Å². The molecule has 0 radical (unpaired) electrons. The minimum absolute atomic E-state index is 0.0194. The second-order valence-electron chi connectivity index (χ2n) is 12.2. The van der Waals surface area contributed by atoms with Crippen LogP contribution in [0.2, 0.25) is 10.0 Å². The first-order valence-corrected chi connectivity index (χ1v) is 18.1. The van der Waals surface area contributed by atoms with Crippen molar-refractivity contribution in [2.45, 2.75) is 43.5 Å². The molecule has 1 atom stereocenters. The summed E-state index contributed by atoms with van der Waals surface area (Å²) >= 11 is 13.1. The minimum atomic E-state index is -4.63. The number of carbonyl (C=O) groups is 2. The number of hydrogen-bond acceptors (Lipinski definition) is 7. The van der Waals surface area contributed by atoms with Crippen LogP contribution >= 0.6 is 23.2 Å². The molecule has 0 bridgehead atoms. The summed E-state index contributed by atoms with van der Waals surface area (Å²) in [5.74, 6) is -0.593. The van der Waals surface area contributed by atoms with E-state index in [1.165, 1.54) is 37.3 Å². The smallest absolute Gasteiger partial charge is 0.417 e. The Morgan fingerprint density at radius 2 is 1.69 bits per heavy atom. The number of amides is 2. The summed E-state index contributed by atoms with van der Waals surface area (Å²) in [6.45, 7) is 2.04. The highest BCUT2D eigenvalue weighted by Crippen LogP contribution is 2.39. The number of nitriles is 1. The summed E-state index contributed by atoms with van der Waals surface area (Å²) in [5, 5.41) is 8.68. The zero-order valence-electron chi connectivity index (χ0n) is 27.1. The third-order valence-electron chi connectivity index (χ3n) is 8.97. The predicted molar refractivity (Wildman–Crippen MR) is 183 cm³/mol. The Morgan fingerprint density at radius 3 is 2.35 bits per heavy atom. The van der Waals surface area contributed by atoms with Gasteiger partial charge in [0.2, 0.25) is 15.9 Å². The number of fused-ring (bicyclic) bond motifs is 1. The number of alkyl halides is 3. The Morgan fingerprint density at radius 1 is 1.00 bits per heavy atom. The molecule has 51 heavy (non-hydrogen) atoms. The van der Waals surface area contributed by atoms with Gasteiger partial charge in [-0.15, -0.1) is 0 Å². The molecule has 3 heterocycles. The summed E-state index contributed by atoms with van der Waals surface area (Å²) in [6, 6.07) is 14.9. The Balaban J connectivity index is 1.18. The molecule has 0 unspecified atom stereocenters. The van der Waals surface area contributed by atoms with E-state index in [1.807, 2.05) is 6.07 Å². The van der Waals surface area contributed by atoms with Crippen LogP contribution in [0.25, 0.3) is 10.9 Å². The van der Waals surface area contributed by atoms with E-state index in [9.17, 15) is 31.2 Å². The first kappa shape index (κ1) is 36.4. The number of nitrogens with zero attached hydrogens (tertiary/aromatic N) is 5. The summed E-state index contributed by atoms with van der Waals surface area (Å²) < 4.78 is 76.5. The van der Waals surface area contributed by atoms with E-state index < -0.39 is 27.8 Å². The van der Waals surface area contributed by atoms with Gasteiger partial charge in [-0.3, -0.25) is 9.59 Å². The third-order valence-corrected chi connectivity index (χ3v) is 11.8. The molecule has 2 saturated heterocycles. The highest BCUT2D eigenvalue weighted by atomic mass is 35.5. The quantitative estimate of drug-likeness (QED) is 0.212. The van der Waals surface area contributed by atoms with Gasteiger partial charge in [0.25, 0.3) is 5.91 Å². The van der Waals surface area contributed by atoms with Gasteiger partial charge in [0.05, 0.1) is 22.2 Å². The number of benzene rings is 3. The molecule has 0 spiro atoms. The molecule has 6 rings (SSSR count). The van der Waals surface area contributed by atoms with Gasteiger partial charge in [-0.25, -0.2) is 13.4 Å². The zero-order chi connectivity index (χ0) is 36.7. The van der Waals surface area contributed by atoms with Crippen LogP contribution in [-0.4, -0.2) is 78.1 Å². The van der Waals surface area contributed by atoms with Crippen LogP contribution in [0.3, 0.4) is 0 Å². The number of ether oxygens (including phenoxy) is 1. The van der Waals surface area contributed by atoms with Gasteiger partial charge in [0, 0.05) is 60.0 Å². The molecular formula is C35H30Cl2F3N5O5S. The number of piperazine rings is 1. The van der Waals surface area contributed by atoms with Gasteiger partial charge in [-0.2, -0.15) is 22.7 Å². The second-order valence-corrected chi connectivity index (χ2v) is 14.8. The number of pyridine rings is 1. The summed E-state index contributed by atoms with van der Waals surface area (Å²) in [6.07, 6.45) is -3.91. The summed E-state index contributed by atoms with van der Waals surface area (Å²) in [7, 11) is -4.34. The SMILES string of the molecule is Cc1cc(C(F)(F)F)c2cccc(OCc3c(Cl)ccc(S(=O)(=O)N4CCC[C@H]4C(=O)N4CCN(C(=O)c5ccc(C#N)cc5)CC4)c3Cl)c2n1. The maximum atomic E-state index is 14.1. The summed E-state index contributed by atoms with van der Waals surface area (Å²) in [5.41, 5.74) is 0.174. The number of aromatic nitrogens is 1. The Labute approximate surface area is 302 Å². The van der Waals surface area contributed by atoms with Crippen LogP contribution in [-0.2, 0) is 27.6 Å². The van der Waals surface area contributed by atoms with E-state index in [0.29, 0.717) is 17.5 Å². The first-order valence-electron chi connectivity index (χ1n) is 15.9. The number of hydrogen-bond donors (Lipinski definition) is 0. The average Bonchev–Trinajstić information content (AvgIpc) is 3.62. The largest absolute Gasteiger partial charge is 0.487 e. The molecule has 2 amide bonds. The van der Waals surface area contributed by atoms with Crippen LogP contribution in [0.1, 0.15) is 45.6 Å². The van der Waals surface area contributed by atoms with Gasteiger partial charge < -0.3 is 14.5 Å². The molecule has 0 aliphatic carbocycles. The van der Waals surface area contributed by atoms with E-state index in [-0.39, 0.29) is 100 Å². The molecule has 0 N–H and O–H groups in total. The maximum Gasteiger partial charge on any atom is 0.417 e. The molecule has 4 aromatic rings. The Hall–Kier alpha value is -4.42. The van der Waals surface area contributed by atoms with Crippen LogP contribution in [0.5, 0.6) is 5.75 Å². The lowest BCUT2D eigenvalue weighted by Gasteiger charge is -2.37. The van der Waals surface area contributed by atoms with Crippen LogP contribution < -0.4 is 4.74 Å². The molecule has 2 aliphatic heterocycles. The Bertz CT molecular complexity index is 2170. The van der Waals surface area contributed by atoms with Crippen molar-refractivity contribution in [2.75, 3.05) is 32.7 Å². The van der Waals surface area contributed by atoms with Gasteiger partial charge in [0.15, 0.2) is 0 Å². The summed E-state index contributed by atoms with van der Waals surface area (Å²) in [4.78, 5) is 33.8. The number of rotatable bonds is 7. The number of halogens is 5. The van der Waals surface area contributed by atoms with Crippen molar-refractivity contribution in [3.8, 4) is 11.8 Å². The third kappa shape index (κ3) is 7.21. The first-order chi connectivity index (χ1) is 24.2. The molecule has 2 aliphatic rings. The Kier molecular flexibility index (Phi) is 10.2. The molecule has 3 aromatic carbocycles. The van der Waals surface area contributed by atoms with Crippen molar-refractivity contribution in [1.29, 1.82) is 5.26 Å². The normalized spacial score (nSPS) is 17.1. The van der Waals surface area contributed by atoms with E-state index in [2.05, 4.69) is 4.98 Å². The fourth-order valence-electron chi connectivity index (χ4n) is 6.37. The number of para-hydroxylation sites is 1. The minimum Gasteiger partial charge on any atom is -0.487 e. The molecule has 266 valence electrons. The monoisotopic (exact) mass is 759 g/mol. The van der Waals surface area contributed by atoms with Crippen LogP contribution in [0.4, 0.5) is 13.2 Å². The van der Waals surface area contributed by atoms with Gasteiger partial charge in [-0.05, 0) is 68.3 Å². The van der Waals surface area contributed by atoms with Crippen molar-refractivity contribution in [1.82, 2.24) is 19.1 Å². The van der Waals surface area contributed by atoms with Crippen molar-refractivity contribution in [3.63, 3.8) is 0 Å². The van der Waals surface area contributed by atoms with E-state index in [4.69, 9.17) is 33.2 Å². The van der Waals surface area contributed by atoms with E-state index in [0.717, 1.165) is 10.4 Å². The lowest BCUT2D eigenvalue weighted by molar-refractivity contribution is -0.137. The molecule has 2 fully saturated rings. The zero-order valence-corrected chi connectivity index (χ0v) is 29.4. The number of aryl methyl sites for hydroxylation is 1. The number of carbonyl (C=O) groups excluding carboxylic acids is 2. The molecule has 1 aromatic heterocycles. The van der Waals surface area contributed by atoms with Crippen LogP contribution in [0, 0.1) is 18.3 Å². The maximum absolute atomic E-state index is 14.1. The van der Waals surface area contributed by atoms with Gasteiger partial charge in [-0.1, -0.05) is 35.3 Å². The lowest BCUT2D eigenvalue weighted by Crippen LogP contribution is -2.55. The van der Waals surface area contributed by atoms with Gasteiger partial charge in [0.1, 0.15) is 28.8 Å². The fourth-order valence-corrected chi connectivity index (χ4v) is 8.89. The molecule has 16 heteroatoms. The van der Waals surface area contributed by atoms with Gasteiger partial charge >= 0.3 is 6.18 Å². The molecule has 10 nitrogen and oxygen atoms in total.